The second-order valence-corrected chi connectivity index (χ2v) is 6.00. The largest absolute Gasteiger partial charge is 0.366 e. The monoisotopic (exact) mass is 370 g/mol. The van der Waals surface area contributed by atoms with E-state index < -0.39 is 5.91 Å². The number of halogens is 2. The first kappa shape index (κ1) is 17.8. The molecule has 0 aliphatic carbocycles. The molecule has 132 valence electrons. The minimum Gasteiger partial charge on any atom is -0.366 e. The third-order valence-electron chi connectivity index (χ3n) is 3.59. The van der Waals surface area contributed by atoms with Crippen LogP contribution in [0.1, 0.15) is 21.9 Å². The van der Waals surface area contributed by atoms with Gasteiger partial charge >= 0.3 is 0 Å². The molecular formula is C19H16ClFN4O. The van der Waals surface area contributed by atoms with E-state index in [9.17, 15) is 9.18 Å². The van der Waals surface area contributed by atoms with Gasteiger partial charge in [0, 0.05) is 23.3 Å². The molecule has 0 saturated heterocycles. The Labute approximate surface area is 155 Å². The minimum absolute atomic E-state index is 0.212. The standard InChI is InChI=1S/C19H16ClFN4O/c1-12-23-17(19(26)25-15-8-6-14(21)7-9-15)10-18(24-12)22-11-13-4-2-3-5-16(13)20/h2-10H,11H2,1H3,(H,25,26)(H,22,23,24). The first-order chi connectivity index (χ1) is 12.5. The Morgan fingerprint density at radius 2 is 1.85 bits per heavy atom. The first-order valence-corrected chi connectivity index (χ1v) is 8.29. The van der Waals surface area contributed by atoms with E-state index in [1.165, 1.54) is 24.3 Å². The van der Waals surface area contributed by atoms with Gasteiger partial charge < -0.3 is 10.6 Å². The van der Waals surface area contributed by atoms with Crippen LogP contribution in [0, 0.1) is 12.7 Å². The Balaban J connectivity index is 1.73. The molecule has 26 heavy (non-hydrogen) atoms. The Kier molecular flexibility index (Phi) is 5.43. The van der Waals surface area contributed by atoms with Gasteiger partial charge in [-0.05, 0) is 42.8 Å². The van der Waals surface area contributed by atoms with Crippen molar-refractivity contribution in [2.45, 2.75) is 13.5 Å². The van der Waals surface area contributed by atoms with Crippen LogP contribution in [0.25, 0.3) is 0 Å². The molecule has 1 amide bonds. The fourth-order valence-corrected chi connectivity index (χ4v) is 2.53. The Morgan fingerprint density at radius 3 is 2.58 bits per heavy atom. The lowest BCUT2D eigenvalue weighted by molar-refractivity contribution is 0.102. The molecule has 1 heterocycles. The number of aryl methyl sites for hydroxylation is 1. The summed E-state index contributed by atoms with van der Waals surface area (Å²) < 4.78 is 13.0. The molecule has 0 spiro atoms. The van der Waals surface area contributed by atoms with Crippen LogP contribution in [0.5, 0.6) is 0 Å². The van der Waals surface area contributed by atoms with E-state index in [1.807, 2.05) is 24.3 Å². The summed E-state index contributed by atoms with van der Waals surface area (Å²) in [7, 11) is 0. The van der Waals surface area contributed by atoms with E-state index in [-0.39, 0.29) is 11.5 Å². The lowest BCUT2D eigenvalue weighted by Gasteiger charge is -2.10. The van der Waals surface area contributed by atoms with Crippen LogP contribution >= 0.6 is 11.6 Å². The maximum Gasteiger partial charge on any atom is 0.274 e. The van der Waals surface area contributed by atoms with Crippen molar-refractivity contribution in [3.8, 4) is 0 Å². The predicted octanol–water partition coefficient (Wildman–Crippen LogP) is 4.44. The van der Waals surface area contributed by atoms with Gasteiger partial charge in [-0.25, -0.2) is 14.4 Å². The van der Waals surface area contributed by atoms with Crippen LogP contribution in [0.2, 0.25) is 5.02 Å². The first-order valence-electron chi connectivity index (χ1n) is 7.91. The van der Waals surface area contributed by atoms with E-state index in [4.69, 9.17) is 11.6 Å². The van der Waals surface area contributed by atoms with Crippen molar-refractivity contribution in [2.75, 3.05) is 10.6 Å². The zero-order valence-electron chi connectivity index (χ0n) is 14.0. The van der Waals surface area contributed by atoms with Crippen LogP contribution in [-0.2, 0) is 6.54 Å². The number of carbonyl (C=O) groups is 1. The molecule has 1 aromatic heterocycles. The predicted molar refractivity (Wildman–Crippen MR) is 99.9 cm³/mol. The lowest BCUT2D eigenvalue weighted by Crippen LogP contribution is -2.16. The summed E-state index contributed by atoms with van der Waals surface area (Å²) in [4.78, 5) is 20.8. The molecule has 5 nitrogen and oxygen atoms in total. The number of carbonyl (C=O) groups excluding carboxylic acids is 1. The highest BCUT2D eigenvalue weighted by molar-refractivity contribution is 6.31. The highest BCUT2D eigenvalue weighted by atomic mass is 35.5. The summed E-state index contributed by atoms with van der Waals surface area (Å²) in [5.74, 6) is 0.204. The lowest BCUT2D eigenvalue weighted by atomic mass is 10.2. The van der Waals surface area contributed by atoms with Gasteiger partial charge in [0.25, 0.3) is 5.91 Å². The number of amides is 1. The average Bonchev–Trinajstić information content (AvgIpc) is 2.62. The summed E-state index contributed by atoms with van der Waals surface area (Å²) in [5, 5.41) is 6.47. The molecule has 0 bridgehead atoms. The molecule has 0 fully saturated rings. The molecule has 0 radical (unpaired) electrons. The summed E-state index contributed by atoms with van der Waals surface area (Å²) in [6.45, 7) is 2.17. The average molecular weight is 371 g/mol. The van der Waals surface area contributed by atoms with Crippen molar-refractivity contribution in [1.29, 1.82) is 0 Å². The fraction of sp³-hybridized carbons (Fsp3) is 0.105. The SMILES string of the molecule is Cc1nc(NCc2ccccc2Cl)cc(C(=O)Nc2ccc(F)cc2)n1. The van der Waals surface area contributed by atoms with Gasteiger partial charge in [-0.15, -0.1) is 0 Å². The summed E-state index contributed by atoms with van der Waals surface area (Å²) in [6.07, 6.45) is 0. The summed E-state index contributed by atoms with van der Waals surface area (Å²) in [6, 6.07) is 14.6. The topological polar surface area (TPSA) is 66.9 Å². The van der Waals surface area contributed by atoms with Crippen molar-refractivity contribution in [3.05, 3.63) is 82.5 Å². The Hall–Kier alpha value is -2.99. The van der Waals surface area contributed by atoms with Crippen LogP contribution in [0.4, 0.5) is 15.9 Å². The van der Waals surface area contributed by atoms with Crippen molar-refractivity contribution in [1.82, 2.24) is 9.97 Å². The molecule has 7 heteroatoms. The zero-order valence-corrected chi connectivity index (χ0v) is 14.7. The van der Waals surface area contributed by atoms with E-state index in [1.54, 1.807) is 13.0 Å². The van der Waals surface area contributed by atoms with Crippen LogP contribution < -0.4 is 10.6 Å². The highest BCUT2D eigenvalue weighted by Crippen LogP contribution is 2.17. The van der Waals surface area contributed by atoms with E-state index in [2.05, 4.69) is 20.6 Å². The molecule has 0 unspecified atom stereocenters. The van der Waals surface area contributed by atoms with E-state index in [0.29, 0.717) is 28.9 Å². The number of aromatic nitrogens is 2. The number of nitrogens with zero attached hydrogens (tertiary/aromatic N) is 2. The Morgan fingerprint density at radius 1 is 1.12 bits per heavy atom. The van der Waals surface area contributed by atoms with Crippen LogP contribution in [-0.4, -0.2) is 15.9 Å². The van der Waals surface area contributed by atoms with Crippen molar-refractivity contribution in [2.24, 2.45) is 0 Å². The second-order valence-electron chi connectivity index (χ2n) is 5.59. The van der Waals surface area contributed by atoms with E-state index >= 15 is 0 Å². The molecule has 0 saturated carbocycles. The molecule has 3 rings (SSSR count). The molecule has 0 aliphatic rings. The number of benzene rings is 2. The number of rotatable bonds is 5. The van der Waals surface area contributed by atoms with Crippen molar-refractivity contribution >= 4 is 29.0 Å². The third kappa shape index (κ3) is 4.55. The smallest absolute Gasteiger partial charge is 0.274 e. The molecular weight excluding hydrogens is 355 g/mol. The number of anilines is 2. The van der Waals surface area contributed by atoms with Gasteiger partial charge in [0.05, 0.1) is 0 Å². The molecule has 0 aliphatic heterocycles. The summed E-state index contributed by atoms with van der Waals surface area (Å²) in [5.41, 5.74) is 1.62. The zero-order chi connectivity index (χ0) is 18.5. The Bertz CT molecular complexity index is 931. The second kappa shape index (κ2) is 7.93. The maximum atomic E-state index is 13.0. The minimum atomic E-state index is -0.400. The van der Waals surface area contributed by atoms with Gasteiger partial charge in [0.15, 0.2) is 0 Å². The molecule has 2 N–H and O–H groups in total. The van der Waals surface area contributed by atoms with Crippen LogP contribution in [0.3, 0.4) is 0 Å². The normalized spacial score (nSPS) is 10.4. The van der Waals surface area contributed by atoms with Crippen molar-refractivity contribution in [3.63, 3.8) is 0 Å². The molecule has 0 atom stereocenters. The fourth-order valence-electron chi connectivity index (χ4n) is 2.33. The number of hydrogen-bond donors (Lipinski definition) is 2. The quantitative estimate of drug-likeness (QED) is 0.696. The van der Waals surface area contributed by atoms with E-state index in [0.717, 1.165) is 5.56 Å². The molecule has 2 aromatic carbocycles. The third-order valence-corrected chi connectivity index (χ3v) is 3.96. The maximum absolute atomic E-state index is 13.0. The van der Waals surface area contributed by atoms with Gasteiger partial charge in [-0.3, -0.25) is 4.79 Å². The van der Waals surface area contributed by atoms with Gasteiger partial charge in [0.2, 0.25) is 0 Å². The van der Waals surface area contributed by atoms with Crippen LogP contribution in [0.15, 0.2) is 54.6 Å². The van der Waals surface area contributed by atoms with Gasteiger partial charge in [-0.1, -0.05) is 29.8 Å². The number of hydrogen-bond acceptors (Lipinski definition) is 4. The van der Waals surface area contributed by atoms with Crippen molar-refractivity contribution < 1.29 is 9.18 Å². The number of nitrogens with one attached hydrogen (secondary N) is 2. The van der Waals surface area contributed by atoms with Gasteiger partial charge in [-0.2, -0.15) is 0 Å². The van der Waals surface area contributed by atoms with Gasteiger partial charge in [0.1, 0.15) is 23.2 Å². The highest BCUT2D eigenvalue weighted by Gasteiger charge is 2.11. The molecule has 3 aromatic rings. The summed E-state index contributed by atoms with van der Waals surface area (Å²) >= 11 is 6.14.